The third-order valence-corrected chi connectivity index (χ3v) is 6.96. The molecular weight excluding hydrogens is 490 g/mol. The topological polar surface area (TPSA) is 87.7 Å². The van der Waals surface area contributed by atoms with Gasteiger partial charge in [-0.3, -0.25) is 9.59 Å². The second kappa shape index (κ2) is 15.9. The monoisotopic (exact) mass is 545 g/mol. The van der Waals surface area contributed by atoms with Crippen LogP contribution in [-0.4, -0.2) is 47.0 Å². The lowest BCUT2D eigenvalue weighted by Crippen LogP contribution is -2.57. The summed E-state index contributed by atoms with van der Waals surface area (Å²) in [5, 5.41) is 5.95. The summed E-state index contributed by atoms with van der Waals surface area (Å²) in [6.45, 7) is 22.3. The average molecular weight is 546 g/mol. The van der Waals surface area contributed by atoms with Gasteiger partial charge in [0.05, 0.1) is 0 Å². The number of nitrogens with one attached hydrogen (secondary N) is 2. The van der Waals surface area contributed by atoms with E-state index in [2.05, 4.69) is 37.5 Å². The zero-order valence-electron chi connectivity index (χ0n) is 26.4. The highest BCUT2D eigenvalue weighted by Crippen LogP contribution is 2.30. The molecule has 0 aromatic heterocycles. The Morgan fingerprint density at radius 1 is 0.949 bits per heavy atom. The molecule has 0 saturated heterocycles. The largest absolute Gasteiger partial charge is 0.444 e. The molecule has 0 fully saturated rings. The first-order chi connectivity index (χ1) is 18.1. The van der Waals surface area contributed by atoms with E-state index in [1.165, 1.54) is 0 Å². The molecule has 0 aliphatic rings. The lowest BCUT2D eigenvalue weighted by Gasteiger charge is -2.40. The highest BCUT2D eigenvalue weighted by molar-refractivity contribution is 5.92. The predicted molar refractivity (Wildman–Crippen MR) is 160 cm³/mol. The number of amides is 3. The van der Waals surface area contributed by atoms with Crippen molar-refractivity contribution in [1.82, 2.24) is 15.5 Å². The molecule has 4 unspecified atom stereocenters. The Morgan fingerprint density at radius 2 is 1.54 bits per heavy atom. The van der Waals surface area contributed by atoms with Gasteiger partial charge in [0.2, 0.25) is 11.8 Å². The number of hydrogen-bond acceptors (Lipinski definition) is 4. The summed E-state index contributed by atoms with van der Waals surface area (Å²) in [4.78, 5) is 43.0. The van der Waals surface area contributed by atoms with E-state index in [1.54, 1.807) is 25.7 Å². The fraction of sp³-hybridized carbons (Fsp3) is 0.719. The van der Waals surface area contributed by atoms with Gasteiger partial charge < -0.3 is 20.3 Å². The van der Waals surface area contributed by atoms with Crippen molar-refractivity contribution >= 4 is 17.9 Å². The van der Waals surface area contributed by atoms with E-state index < -0.39 is 23.8 Å². The minimum Gasteiger partial charge on any atom is -0.444 e. The van der Waals surface area contributed by atoms with Gasteiger partial charge in [0.25, 0.3) is 0 Å². The van der Waals surface area contributed by atoms with Crippen LogP contribution in [0.2, 0.25) is 0 Å². The molecule has 0 aliphatic heterocycles. The van der Waals surface area contributed by atoms with Gasteiger partial charge in [0.15, 0.2) is 0 Å². The number of unbranched alkanes of at least 4 members (excludes halogenated alkanes) is 1. The molecule has 0 heterocycles. The van der Waals surface area contributed by atoms with Gasteiger partial charge in [-0.2, -0.15) is 0 Å². The second-order valence-corrected chi connectivity index (χ2v) is 12.5. The van der Waals surface area contributed by atoms with E-state index in [1.807, 2.05) is 46.8 Å². The Hall–Kier alpha value is -2.57. The first-order valence-corrected chi connectivity index (χ1v) is 14.8. The summed E-state index contributed by atoms with van der Waals surface area (Å²) in [7, 11) is 0. The quantitative estimate of drug-likeness (QED) is 0.250. The minimum atomic E-state index is -0.830. The Kier molecular flexibility index (Phi) is 14.0. The summed E-state index contributed by atoms with van der Waals surface area (Å²) in [5.74, 6) is -0.166. The third kappa shape index (κ3) is 11.6. The first kappa shape index (κ1) is 34.5. The number of benzene rings is 1. The molecule has 1 aromatic carbocycles. The summed E-state index contributed by atoms with van der Waals surface area (Å²) >= 11 is 0. The van der Waals surface area contributed by atoms with E-state index in [4.69, 9.17) is 4.74 Å². The molecule has 0 aliphatic carbocycles. The Balaban J connectivity index is 3.68. The summed E-state index contributed by atoms with van der Waals surface area (Å²) < 4.78 is 5.52. The number of hydrogen-bond donors (Lipinski definition) is 2. The standard InChI is InChI=1S/C32H55N3O4/c1-12-14-17-33-29(36)28(26-19-22(5)18-23(6)20-26)35(25(8)16-15-21(3)4)30(37)27(24(7)13-2)34-31(38)39-32(9,10)11/h18-21,24-25,27-28H,12-17H2,1-11H3,(H,33,36)(H,34,38). The Bertz CT molecular complexity index is 918. The van der Waals surface area contributed by atoms with Gasteiger partial charge in [0, 0.05) is 12.6 Å². The average Bonchev–Trinajstić information content (AvgIpc) is 2.81. The van der Waals surface area contributed by atoms with Crippen molar-refractivity contribution in [2.45, 2.75) is 132 Å². The zero-order chi connectivity index (χ0) is 29.9. The lowest BCUT2D eigenvalue weighted by molar-refractivity contribution is -0.146. The molecule has 0 bridgehead atoms. The molecule has 4 atom stereocenters. The van der Waals surface area contributed by atoms with Crippen LogP contribution in [-0.2, 0) is 14.3 Å². The fourth-order valence-electron chi connectivity index (χ4n) is 4.68. The van der Waals surface area contributed by atoms with Crippen LogP contribution < -0.4 is 10.6 Å². The number of alkyl carbamates (subject to hydrolysis) is 1. The molecule has 0 spiro atoms. The summed E-state index contributed by atoms with van der Waals surface area (Å²) in [6, 6.07) is 4.17. The molecule has 0 saturated carbocycles. The lowest BCUT2D eigenvalue weighted by atomic mass is 9.92. The maximum Gasteiger partial charge on any atom is 0.408 e. The minimum absolute atomic E-state index is 0.159. The van der Waals surface area contributed by atoms with E-state index >= 15 is 0 Å². The van der Waals surface area contributed by atoms with Crippen molar-refractivity contribution < 1.29 is 19.1 Å². The van der Waals surface area contributed by atoms with Gasteiger partial charge in [-0.15, -0.1) is 0 Å². The maximum atomic E-state index is 14.5. The van der Waals surface area contributed by atoms with Gasteiger partial charge >= 0.3 is 6.09 Å². The molecule has 7 nitrogen and oxygen atoms in total. The highest BCUT2D eigenvalue weighted by atomic mass is 16.6. The highest BCUT2D eigenvalue weighted by Gasteiger charge is 2.40. The Labute approximate surface area is 237 Å². The van der Waals surface area contributed by atoms with Crippen molar-refractivity contribution in [3.63, 3.8) is 0 Å². The summed E-state index contributed by atoms with van der Waals surface area (Å²) in [5.41, 5.74) is 2.15. The molecule has 2 N–H and O–H groups in total. The number of ether oxygens (including phenoxy) is 1. The van der Waals surface area contributed by atoms with Crippen LogP contribution in [0.25, 0.3) is 0 Å². The van der Waals surface area contributed by atoms with E-state index in [0.717, 1.165) is 42.4 Å². The smallest absolute Gasteiger partial charge is 0.408 e. The normalized spacial score (nSPS) is 14.8. The van der Waals surface area contributed by atoms with Crippen LogP contribution in [0.1, 0.15) is 117 Å². The number of aryl methyl sites for hydroxylation is 2. The predicted octanol–water partition coefficient (Wildman–Crippen LogP) is 6.85. The number of rotatable bonds is 14. The van der Waals surface area contributed by atoms with Crippen molar-refractivity contribution in [2.24, 2.45) is 11.8 Å². The van der Waals surface area contributed by atoms with Crippen molar-refractivity contribution in [2.75, 3.05) is 6.54 Å². The molecular formula is C32H55N3O4. The van der Waals surface area contributed by atoms with Gasteiger partial charge in [0.1, 0.15) is 17.7 Å². The van der Waals surface area contributed by atoms with Crippen LogP contribution in [0.3, 0.4) is 0 Å². The summed E-state index contributed by atoms with van der Waals surface area (Å²) in [6.07, 6.45) is 3.51. The molecule has 1 aromatic rings. The maximum absolute atomic E-state index is 14.5. The van der Waals surface area contributed by atoms with Crippen LogP contribution in [0.5, 0.6) is 0 Å². The van der Waals surface area contributed by atoms with E-state index in [0.29, 0.717) is 18.9 Å². The van der Waals surface area contributed by atoms with E-state index in [9.17, 15) is 14.4 Å². The molecule has 222 valence electrons. The van der Waals surface area contributed by atoms with Crippen molar-refractivity contribution in [3.05, 3.63) is 34.9 Å². The SMILES string of the molecule is CCCCNC(=O)C(c1cc(C)cc(C)c1)N(C(=O)C(NC(=O)OC(C)(C)C)C(C)CC)C(C)CCC(C)C. The Morgan fingerprint density at radius 3 is 2.03 bits per heavy atom. The van der Waals surface area contributed by atoms with E-state index in [-0.39, 0.29) is 23.8 Å². The van der Waals surface area contributed by atoms with Crippen molar-refractivity contribution in [3.8, 4) is 0 Å². The van der Waals surface area contributed by atoms with Crippen molar-refractivity contribution in [1.29, 1.82) is 0 Å². The fourth-order valence-corrected chi connectivity index (χ4v) is 4.68. The van der Waals surface area contributed by atoms with Crippen LogP contribution in [0, 0.1) is 25.7 Å². The molecule has 7 heteroatoms. The zero-order valence-corrected chi connectivity index (χ0v) is 26.4. The van der Waals surface area contributed by atoms with Crippen LogP contribution in [0.4, 0.5) is 4.79 Å². The van der Waals surface area contributed by atoms with Crippen LogP contribution >= 0.6 is 0 Å². The second-order valence-electron chi connectivity index (χ2n) is 12.5. The van der Waals surface area contributed by atoms with Gasteiger partial charge in [-0.1, -0.05) is 76.8 Å². The third-order valence-electron chi connectivity index (χ3n) is 6.96. The molecule has 39 heavy (non-hydrogen) atoms. The van der Waals surface area contributed by atoms with Gasteiger partial charge in [-0.25, -0.2) is 4.79 Å². The van der Waals surface area contributed by atoms with Crippen LogP contribution in [0.15, 0.2) is 18.2 Å². The molecule has 1 rings (SSSR count). The number of carbonyl (C=O) groups excluding carboxylic acids is 3. The van der Waals surface area contributed by atoms with Gasteiger partial charge in [-0.05, 0) is 78.2 Å². The molecule has 3 amide bonds. The first-order valence-electron chi connectivity index (χ1n) is 14.8. The number of nitrogens with zero attached hydrogens (tertiary/aromatic N) is 1. The number of carbonyl (C=O) groups is 3. The molecule has 0 radical (unpaired) electrons.